The van der Waals surface area contributed by atoms with Crippen LogP contribution in [0.1, 0.15) is 12.8 Å². The third-order valence-corrected chi connectivity index (χ3v) is 5.67. The Hall–Kier alpha value is -2.76. The van der Waals surface area contributed by atoms with E-state index in [0.29, 0.717) is 45.8 Å². The number of aliphatic carboxylic acids is 2. The molecule has 0 bridgehead atoms. The van der Waals surface area contributed by atoms with Gasteiger partial charge in [0, 0.05) is 58.8 Å². The van der Waals surface area contributed by atoms with E-state index in [1.807, 2.05) is 0 Å². The van der Waals surface area contributed by atoms with Gasteiger partial charge in [-0.05, 0) is 18.0 Å². The molecule has 1 aromatic rings. The molecule has 1 aliphatic heterocycles. The lowest BCUT2D eigenvalue weighted by atomic mass is 10.1. The normalized spacial score (nSPS) is 17.1. The first-order valence-corrected chi connectivity index (χ1v) is 11.7. The number of rotatable bonds is 13. The Morgan fingerprint density at radius 2 is 1.39 bits per heavy atom. The molecular formula is C19H32ClN9O7. The molecule has 0 saturated carbocycles. The van der Waals surface area contributed by atoms with Gasteiger partial charge in [0.25, 0.3) is 11.2 Å². The molecule has 16 nitrogen and oxygen atoms in total. The Morgan fingerprint density at radius 1 is 0.861 bits per heavy atom. The molecule has 1 aromatic heterocycles. The summed E-state index contributed by atoms with van der Waals surface area (Å²) >= 11 is 5.51. The Bertz CT molecular complexity index is 821. The maximum atomic E-state index is 12.3. The van der Waals surface area contributed by atoms with Crippen molar-refractivity contribution in [1.82, 2.24) is 40.4 Å². The van der Waals surface area contributed by atoms with Gasteiger partial charge in [-0.15, -0.1) is 20.4 Å². The van der Waals surface area contributed by atoms with Gasteiger partial charge in [-0.25, -0.2) is 0 Å². The predicted octanol–water partition coefficient (Wildman–Crippen LogP) is -3.00. The zero-order valence-corrected chi connectivity index (χ0v) is 20.4. The number of hydrogen-bond acceptors (Lipinski definition) is 13. The Labute approximate surface area is 212 Å². The van der Waals surface area contributed by atoms with Gasteiger partial charge < -0.3 is 31.1 Å². The van der Waals surface area contributed by atoms with Gasteiger partial charge in [0.1, 0.15) is 0 Å². The van der Waals surface area contributed by atoms with Gasteiger partial charge in [0.15, 0.2) is 6.29 Å². The minimum absolute atomic E-state index is 0.0109. The van der Waals surface area contributed by atoms with Crippen LogP contribution in [0.25, 0.3) is 0 Å². The predicted molar refractivity (Wildman–Crippen MR) is 125 cm³/mol. The van der Waals surface area contributed by atoms with Crippen LogP contribution >= 0.6 is 11.6 Å². The first-order valence-electron chi connectivity index (χ1n) is 11.4. The number of carbonyl (C=O) groups is 3. The molecule has 1 saturated heterocycles. The number of anilines is 1. The molecule has 2 rings (SSSR count). The summed E-state index contributed by atoms with van der Waals surface area (Å²) in [5.41, 5.74) is 0. The zero-order chi connectivity index (χ0) is 26.5. The van der Waals surface area contributed by atoms with Crippen LogP contribution in [0, 0.1) is 0 Å². The van der Waals surface area contributed by atoms with Crippen molar-refractivity contribution in [3.8, 4) is 0 Å². The van der Waals surface area contributed by atoms with Crippen LogP contribution in [-0.2, 0) is 14.4 Å². The number of amides is 1. The SMILES string of the molecule is O=C(O)CN1CCN(CC(=O)O)CCN([C@@H](CCC(=O)NCCNc2nnc(Cl)nn2)C(O)O)CC1. The molecule has 0 aromatic carbocycles. The van der Waals surface area contributed by atoms with Crippen molar-refractivity contribution < 1.29 is 34.8 Å². The van der Waals surface area contributed by atoms with Crippen molar-refractivity contribution in [2.75, 3.05) is 70.8 Å². The van der Waals surface area contributed by atoms with Gasteiger partial charge in [-0.3, -0.25) is 29.1 Å². The fourth-order valence-corrected chi connectivity index (χ4v) is 3.82. The molecule has 6 N–H and O–H groups in total. The fourth-order valence-electron chi connectivity index (χ4n) is 3.74. The third-order valence-electron chi connectivity index (χ3n) is 5.52. The summed E-state index contributed by atoms with van der Waals surface area (Å²) in [6.07, 6.45) is -1.61. The number of carboxylic acids is 2. The Kier molecular flexibility index (Phi) is 12.6. The molecule has 0 spiro atoms. The molecule has 0 radical (unpaired) electrons. The molecule has 202 valence electrons. The molecule has 17 heteroatoms. The summed E-state index contributed by atoms with van der Waals surface area (Å²) < 4.78 is 0. The molecule has 1 atom stereocenters. The van der Waals surface area contributed by atoms with E-state index in [-0.39, 0.29) is 49.6 Å². The third kappa shape index (κ3) is 11.3. The summed E-state index contributed by atoms with van der Waals surface area (Å²) in [6.45, 7) is 2.16. The van der Waals surface area contributed by atoms with Crippen molar-refractivity contribution >= 4 is 35.4 Å². The van der Waals surface area contributed by atoms with Gasteiger partial charge in [0.05, 0.1) is 19.1 Å². The number of aliphatic hydroxyl groups excluding tert-OH is 1. The van der Waals surface area contributed by atoms with E-state index in [1.165, 1.54) is 0 Å². The van der Waals surface area contributed by atoms with Crippen molar-refractivity contribution in [1.29, 1.82) is 0 Å². The van der Waals surface area contributed by atoms with E-state index in [2.05, 4.69) is 31.0 Å². The summed E-state index contributed by atoms with van der Waals surface area (Å²) in [5.74, 6) is -2.17. The topological polar surface area (TPSA) is 217 Å². The zero-order valence-electron chi connectivity index (χ0n) is 19.7. The van der Waals surface area contributed by atoms with Crippen molar-refractivity contribution in [2.45, 2.75) is 25.2 Å². The molecule has 2 heterocycles. The number of nitrogens with zero attached hydrogens (tertiary/aromatic N) is 7. The standard InChI is InChI=1S/C19H32ClN9O7/c20-18-23-25-19(26-24-18)22-4-3-21-14(30)2-1-13(17(35)36)29-9-7-27(11-15(31)32)5-6-28(8-10-29)12-16(33)34/h13,17,35-36H,1-12H2,(H,21,30)(H,31,32)(H,33,34)(H,22,25,26)/t13-/m0/s1. The van der Waals surface area contributed by atoms with Crippen LogP contribution < -0.4 is 10.6 Å². The van der Waals surface area contributed by atoms with Gasteiger partial charge in [0.2, 0.25) is 5.91 Å². The highest BCUT2D eigenvalue weighted by atomic mass is 35.5. The molecule has 0 unspecified atom stereocenters. The van der Waals surface area contributed by atoms with Gasteiger partial charge >= 0.3 is 11.9 Å². The van der Waals surface area contributed by atoms with E-state index in [1.54, 1.807) is 14.7 Å². The fraction of sp³-hybridized carbons (Fsp3) is 0.737. The first-order chi connectivity index (χ1) is 17.1. The highest BCUT2D eigenvalue weighted by Gasteiger charge is 2.28. The van der Waals surface area contributed by atoms with E-state index >= 15 is 0 Å². The smallest absolute Gasteiger partial charge is 0.317 e. The molecule has 36 heavy (non-hydrogen) atoms. The maximum Gasteiger partial charge on any atom is 0.317 e. The average Bonchev–Trinajstić information content (AvgIpc) is 2.89. The number of nitrogens with one attached hydrogen (secondary N) is 2. The van der Waals surface area contributed by atoms with Crippen molar-refractivity contribution in [3.05, 3.63) is 5.28 Å². The minimum Gasteiger partial charge on any atom is -0.480 e. The minimum atomic E-state index is -1.75. The maximum absolute atomic E-state index is 12.3. The summed E-state index contributed by atoms with van der Waals surface area (Å²) in [6, 6.07) is -0.801. The van der Waals surface area contributed by atoms with E-state index < -0.39 is 24.3 Å². The van der Waals surface area contributed by atoms with Gasteiger partial charge in [-0.1, -0.05) is 0 Å². The van der Waals surface area contributed by atoms with E-state index in [9.17, 15) is 34.8 Å². The van der Waals surface area contributed by atoms with E-state index in [0.717, 1.165) is 0 Å². The van der Waals surface area contributed by atoms with Crippen LogP contribution in [0.15, 0.2) is 0 Å². The van der Waals surface area contributed by atoms with Crippen molar-refractivity contribution in [3.63, 3.8) is 0 Å². The van der Waals surface area contributed by atoms with Crippen LogP contribution in [0.4, 0.5) is 5.95 Å². The Morgan fingerprint density at radius 3 is 1.89 bits per heavy atom. The number of hydrogen-bond donors (Lipinski definition) is 6. The van der Waals surface area contributed by atoms with Crippen LogP contribution in [0.2, 0.25) is 5.28 Å². The van der Waals surface area contributed by atoms with E-state index in [4.69, 9.17) is 11.6 Å². The second-order valence-corrected chi connectivity index (χ2v) is 8.50. The molecule has 1 aliphatic rings. The molecule has 1 fully saturated rings. The lowest BCUT2D eigenvalue weighted by Crippen LogP contribution is -2.49. The van der Waals surface area contributed by atoms with Gasteiger partial charge in [-0.2, -0.15) is 0 Å². The molecule has 1 amide bonds. The number of carbonyl (C=O) groups excluding carboxylic acids is 1. The van der Waals surface area contributed by atoms with Crippen LogP contribution in [-0.4, -0.2) is 151 Å². The number of aromatic nitrogens is 4. The first kappa shape index (κ1) is 29.5. The van der Waals surface area contributed by atoms with Crippen LogP contribution in [0.3, 0.4) is 0 Å². The highest BCUT2D eigenvalue weighted by Crippen LogP contribution is 2.13. The molecular weight excluding hydrogens is 502 g/mol. The Balaban J connectivity index is 1.89. The highest BCUT2D eigenvalue weighted by molar-refractivity contribution is 6.28. The second-order valence-electron chi connectivity index (χ2n) is 8.16. The second kappa shape index (κ2) is 15.4. The monoisotopic (exact) mass is 533 g/mol. The van der Waals surface area contributed by atoms with Crippen molar-refractivity contribution in [2.24, 2.45) is 0 Å². The number of halogens is 1. The largest absolute Gasteiger partial charge is 0.480 e. The lowest BCUT2D eigenvalue weighted by Gasteiger charge is -2.34. The number of aliphatic hydroxyl groups is 2. The molecule has 0 aliphatic carbocycles. The quantitative estimate of drug-likeness (QED) is 0.110. The van der Waals surface area contributed by atoms with Crippen LogP contribution in [0.5, 0.6) is 0 Å². The summed E-state index contributed by atoms with van der Waals surface area (Å²) in [5, 5.41) is 58.2. The lowest BCUT2D eigenvalue weighted by molar-refractivity contribution is -0.140. The summed E-state index contributed by atoms with van der Waals surface area (Å²) in [4.78, 5) is 39.8. The number of carboxylic acid groups (broad SMARTS) is 2. The average molecular weight is 534 g/mol. The summed E-state index contributed by atoms with van der Waals surface area (Å²) in [7, 11) is 0.